The molecule has 0 aromatic carbocycles. The van der Waals surface area contributed by atoms with Crippen LogP contribution in [-0.2, 0) is 12.0 Å². The average molecular weight is 398 g/mol. The third kappa shape index (κ3) is 4.05. The molecule has 2 aromatic heterocycles. The largest absolute Gasteiger partial charge is 0.306 e. The molecule has 1 aliphatic heterocycles. The second kappa shape index (κ2) is 7.18. The monoisotopic (exact) mass is 397 g/mol. The molecular weight excluding hydrogens is 371 g/mol. The van der Waals surface area contributed by atoms with Gasteiger partial charge < -0.3 is 0 Å². The summed E-state index contributed by atoms with van der Waals surface area (Å²) in [6, 6.07) is 3.68. The number of rotatable bonds is 6. The number of pyridine rings is 1. The van der Waals surface area contributed by atoms with Crippen molar-refractivity contribution in [3.63, 3.8) is 0 Å². The van der Waals surface area contributed by atoms with Gasteiger partial charge in [0.25, 0.3) is 0 Å². The third-order valence-corrected chi connectivity index (χ3v) is 6.88. The van der Waals surface area contributed by atoms with E-state index in [1.54, 1.807) is 6.07 Å². The summed E-state index contributed by atoms with van der Waals surface area (Å²) in [7, 11) is 0. The highest BCUT2D eigenvalue weighted by Gasteiger charge is 2.56. The second-order valence-corrected chi connectivity index (χ2v) is 9.15. The summed E-state index contributed by atoms with van der Waals surface area (Å²) >= 11 is 1.01. The first-order valence-electron chi connectivity index (χ1n) is 9.13. The zero-order chi connectivity index (χ0) is 19.9. The number of nitrogens with zero attached hydrogens (tertiary/aromatic N) is 2. The zero-order valence-corrected chi connectivity index (χ0v) is 16.8. The standard InChI is InChI=1S/C20H26F3N3S/c1-14-4-5-15(12-25-14)18(2,3)26-11-10-19(13-26,20(22,23)24)9-8-16-6-7-17(21)27-16/h4-7,12H,8-11,13,24H2,1-3H3. The van der Waals surface area contributed by atoms with Crippen molar-refractivity contribution in [1.82, 2.24) is 9.88 Å². The van der Waals surface area contributed by atoms with Gasteiger partial charge in [0.1, 0.15) is 0 Å². The van der Waals surface area contributed by atoms with E-state index in [0.29, 0.717) is 19.4 Å². The Labute approximate surface area is 162 Å². The van der Waals surface area contributed by atoms with Crippen molar-refractivity contribution in [3.05, 3.63) is 51.7 Å². The van der Waals surface area contributed by atoms with Crippen molar-refractivity contribution < 1.29 is 13.2 Å². The molecule has 27 heavy (non-hydrogen) atoms. The highest BCUT2D eigenvalue weighted by molar-refractivity contribution is 7.10. The number of halogens is 3. The fraction of sp³-hybridized carbons (Fsp3) is 0.550. The Bertz CT molecular complexity index is 783. The van der Waals surface area contributed by atoms with Crippen LogP contribution < -0.4 is 5.73 Å². The van der Waals surface area contributed by atoms with E-state index in [-0.39, 0.29) is 18.1 Å². The number of aryl methyl sites for hydroxylation is 2. The maximum absolute atomic E-state index is 14.5. The molecule has 0 bridgehead atoms. The Morgan fingerprint density at radius 1 is 1.26 bits per heavy atom. The topological polar surface area (TPSA) is 42.1 Å². The molecule has 0 aliphatic carbocycles. The molecule has 1 atom stereocenters. The van der Waals surface area contributed by atoms with Gasteiger partial charge in [0.15, 0.2) is 5.13 Å². The molecule has 0 spiro atoms. The molecule has 1 saturated heterocycles. The van der Waals surface area contributed by atoms with Crippen LogP contribution in [0.5, 0.6) is 0 Å². The van der Waals surface area contributed by atoms with Gasteiger partial charge in [-0.25, -0.2) is 0 Å². The fourth-order valence-electron chi connectivity index (χ4n) is 3.85. The first-order valence-corrected chi connectivity index (χ1v) is 9.94. The fourth-order valence-corrected chi connectivity index (χ4v) is 4.58. The van der Waals surface area contributed by atoms with Gasteiger partial charge in [-0.15, -0.1) is 11.3 Å². The Morgan fingerprint density at radius 2 is 2.00 bits per heavy atom. The van der Waals surface area contributed by atoms with Gasteiger partial charge in [-0.1, -0.05) is 6.07 Å². The summed E-state index contributed by atoms with van der Waals surface area (Å²) in [5.74, 6) is 0. The van der Waals surface area contributed by atoms with Crippen molar-refractivity contribution >= 4 is 11.3 Å². The summed E-state index contributed by atoms with van der Waals surface area (Å²) in [5.41, 5.74) is 5.53. The number of hydrogen-bond acceptors (Lipinski definition) is 4. The number of likely N-dealkylation sites (tertiary alicyclic amines) is 1. The lowest BCUT2D eigenvalue weighted by molar-refractivity contribution is -0.119. The molecule has 1 fully saturated rings. The minimum atomic E-state index is -3.29. The Morgan fingerprint density at radius 3 is 2.56 bits per heavy atom. The van der Waals surface area contributed by atoms with Gasteiger partial charge in [0, 0.05) is 28.9 Å². The van der Waals surface area contributed by atoms with Crippen LogP contribution in [0, 0.1) is 17.5 Å². The van der Waals surface area contributed by atoms with Crippen molar-refractivity contribution in [2.24, 2.45) is 11.1 Å². The maximum atomic E-state index is 14.5. The average Bonchev–Trinajstić information content (AvgIpc) is 3.20. The lowest BCUT2D eigenvalue weighted by Crippen LogP contribution is -2.52. The van der Waals surface area contributed by atoms with Crippen LogP contribution in [0.3, 0.4) is 0 Å². The Hall–Kier alpha value is -1.44. The smallest absolute Gasteiger partial charge is 0.293 e. The highest BCUT2D eigenvalue weighted by atomic mass is 32.1. The minimum absolute atomic E-state index is 0.200. The predicted octanol–water partition coefficient (Wildman–Crippen LogP) is 4.70. The Balaban J connectivity index is 1.80. The molecule has 3 rings (SSSR count). The first-order chi connectivity index (χ1) is 12.5. The van der Waals surface area contributed by atoms with E-state index in [9.17, 15) is 13.2 Å². The van der Waals surface area contributed by atoms with E-state index in [0.717, 1.165) is 27.5 Å². The molecule has 148 valence electrons. The quantitative estimate of drug-likeness (QED) is 0.719. The SMILES string of the molecule is Cc1ccc(C(C)(C)N2CCC(CCc3ccc(F)s3)(C(N)(F)F)C2)cn1. The molecule has 3 nitrogen and oxygen atoms in total. The molecule has 1 unspecified atom stereocenters. The number of nitrogens with two attached hydrogens (primary N) is 1. The summed E-state index contributed by atoms with van der Waals surface area (Å²) in [4.78, 5) is 7.19. The van der Waals surface area contributed by atoms with Crippen LogP contribution in [0.15, 0.2) is 30.5 Å². The van der Waals surface area contributed by atoms with Crippen LogP contribution in [0.2, 0.25) is 0 Å². The van der Waals surface area contributed by atoms with Crippen LogP contribution in [-0.4, -0.2) is 29.0 Å². The van der Waals surface area contributed by atoms with Crippen LogP contribution in [0.1, 0.15) is 42.8 Å². The van der Waals surface area contributed by atoms with Gasteiger partial charge in [0.2, 0.25) is 0 Å². The molecule has 2 N–H and O–H groups in total. The number of alkyl halides is 2. The van der Waals surface area contributed by atoms with Crippen molar-refractivity contribution in [2.45, 2.75) is 51.6 Å². The van der Waals surface area contributed by atoms with Crippen LogP contribution in [0.25, 0.3) is 0 Å². The van der Waals surface area contributed by atoms with E-state index >= 15 is 0 Å². The molecule has 7 heteroatoms. The van der Waals surface area contributed by atoms with E-state index in [4.69, 9.17) is 5.73 Å². The summed E-state index contributed by atoms with van der Waals surface area (Å²) in [6.45, 7) is 6.70. The lowest BCUT2D eigenvalue weighted by atomic mass is 9.79. The molecule has 0 amide bonds. The van der Waals surface area contributed by atoms with Crippen molar-refractivity contribution in [1.29, 1.82) is 0 Å². The van der Waals surface area contributed by atoms with E-state index < -0.39 is 17.0 Å². The third-order valence-electron chi connectivity index (χ3n) is 5.95. The van der Waals surface area contributed by atoms with E-state index in [2.05, 4.69) is 9.88 Å². The number of aromatic nitrogens is 1. The highest BCUT2D eigenvalue weighted by Crippen LogP contribution is 2.48. The number of thiophene rings is 1. The Kier molecular flexibility index (Phi) is 5.40. The summed E-state index contributed by atoms with van der Waals surface area (Å²) < 4.78 is 42.2. The van der Waals surface area contributed by atoms with Gasteiger partial charge >= 0.3 is 6.05 Å². The minimum Gasteiger partial charge on any atom is -0.293 e. The lowest BCUT2D eigenvalue weighted by Gasteiger charge is -2.39. The van der Waals surface area contributed by atoms with E-state index in [1.807, 2.05) is 39.1 Å². The molecule has 0 saturated carbocycles. The summed E-state index contributed by atoms with van der Waals surface area (Å²) in [6.07, 6.45) is 2.76. The van der Waals surface area contributed by atoms with Crippen LogP contribution >= 0.6 is 11.3 Å². The van der Waals surface area contributed by atoms with Gasteiger partial charge in [-0.3, -0.25) is 15.6 Å². The van der Waals surface area contributed by atoms with Crippen molar-refractivity contribution in [3.8, 4) is 0 Å². The normalized spacial score (nSPS) is 21.7. The van der Waals surface area contributed by atoms with Crippen LogP contribution in [0.4, 0.5) is 13.2 Å². The van der Waals surface area contributed by atoms with E-state index in [1.165, 1.54) is 6.07 Å². The zero-order valence-electron chi connectivity index (χ0n) is 15.9. The molecular formula is C20H26F3N3S. The summed E-state index contributed by atoms with van der Waals surface area (Å²) in [5, 5.41) is -0.292. The van der Waals surface area contributed by atoms with Gasteiger partial charge in [0.05, 0.1) is 5.41 Å². The van der Waals surface area contributed by atoms with Crippen molar-refractivity contribution in [2.75, 3.05) is 13.1 Å². The molecule has 2 aromatic rings. The molecule has 1 aliphatic rings. The first kappa shape index (κ1) is 20.3. The predicted molar refractivity (Wildman–Crippen MR) is 102 cm³/mol. The maximum Gasteiger partial charge on any atom is 0.306 e. The molecule has 0 radical (unpaired) electrons. The molecule has 3 heterocycles. The van der Waals surface area contributed by atoms with Gasteiger partial charge in [-0.2, -0.15) is 13.2 Å². The second-order valence-electron chi connectivity index (χ2n) is 8.03. The van der Waals surface area contributed by atoms with Gasteiger partial charge in [-0.05, 0) is 70.3 Å². The number of hydrogen-bond donors (Lipinski definition) is 1.